The van der Waals surface area contributed by atoms with E-state index in [0.717, 1.165) is 31.4 Å². The van der Waals surface area contributed by atoms with Gasteiger partial charge in [-0.25, -0.2) is 5.06 Å². The monoisotopic (exact) mass is 547 g/mol. The van der Waals surface area contributed by atoms with Crippen molar-refractivity contribution in [1.82, 2.24) is 14.9 Å². The summed E-state index contributed by atoms with van der Waals surface area (Å²) in [4.78, 5) is 47.8. The van der Waals surface area contributed by atoms with Crippen LogP contribution < -0.4 is 14.2 Å². The number of hydrogen-bond acceptors (Lipinski definition) is 8. The molecule has 0 radical (unpaired) electrons. The Bertz CT molecular complexity index is 1030. The summed E-state index contributed by atoms with van der Waals surface area (Å²) in [5, 5.41) is 11.9. The fraction of sp³-hybridized carbons (Fsp3) is 0.679. The minimum atomic E-state index is -0.915. The predicted molar refractivity (Wildman–Crippen MR) is 142 cm³/mol. The van der Waals surface area contributed by atoms with Gasteiger partial charge in [-0.05, 0) is 49.8 Å². The third kappa shape index (κ3) is 6.58. The number of amides is 2. The molecular formula is C28H41N3O8. The quantitative estimate of drug-likeness (QED) is 0.351. The number of ether oxygens (including phenoxy) is 3. The fourth-order valence-corrected chi connectivity index (χ4v) is 5.90. The van der Waals surface area contributed by atoms with Gasteiger partial charge in [-0.1, -0.05) is 13.8 Å². The van der Waals surface area contributed by atoms with Gasteiger partial charge in [0, 0.05) is 44.6 Å². The highest BCUT2D eigenvalue weighted by atomic mass is 16.7. The molecule has 39 heavy (non-hydrogen) atoms. The average Bonchev–Trinajstić information content (AvgIpc) is 3.65. The number of carboxylic acids is 1. The van der Waals surface area contributed by atoms with Gasteiger partial charge in [-0.3, -0.25) is 24.1 Å². The summed E-state index contributed by atoms with van der Waals surface area (Å²) >= 11 is 0. The highest BCUT2D eigenvalue weighted by Crippen LogP contribution is 2.47. The summed E-state index contributed by atoms with van der Waals surface area (Å²) in [6, 6.07) is 3.25. The van der Waals surface area contributed by atoms with Crippen LogP contribution in [-0.4, -0.2) is 97.0 Å². The average molecular weight is 548 g/mol. The van der Waals surface area contributed by atoms with E-state index in [4.69, 9.17) is 19.0 Å². The molecule has 0 aliphatic carbocycles. The molecular weight excluding hydrogens is 506 g/mol. The standard InChI is InChI=1S/C28H41N3O8/c1-4-10-31(39-13-5-2)25(33)17-30-16-20(19-14-22(36-3)27-23(15-19)37-18-38-27)26(28(34)35)21(30)8-6-11-29-12-7-9-24(29)32/h14-15,20-21,26H,4-13,16-18H2,1-3H3,(H,34,35). The second-order valence-electron chi connectivity index (χ2n) is 10.4. The minimum Gasteiger partial charge on any atom is -0.493 e. The molecule has 3 atom stereocenters. The molecule has 4 rings (SSSR count). The molecule has 11 nitrogen and oxygen atoms in total. The van der Waals surface area contributed by atoms with Crippen LogP contribution in [0.2, 0.25) is 0 Å². The van der Waals surface area contributed by atoms with Crippen LogP contribution in [0.15, 0.2) is 12.1 Å². The van der Waals surface area contributed by atoms with Crippen molar-refractivity contribution in [3.8, 4) is 17.2 Å². The molecule has 2 amide bonds. The Kier molecular flexibility index (Phi) is 9.90. The van der Waals surface area contributed by atoms with Crippen molar-refractivity contribution in [3.63, 3.8) is 0 Å². The van der Waals surface area contributed by atoms with Gasteiger partial charge in [0.25, 0.3) is 5.91 Å². The number of carbonyl (C=O) groups excluding carboxylic acids is 2. The van der Waals surface area contributed by atoms with Crippen molar-refractivity contribution >= 4 is 17.8 Å². The molecule has 3 heterocycles. The minimum absolute atomic E-state index is 0.0546. The van der Waals surface area contributed by atoms with Gasteiger partial charge in [0.15, 0.2) is 11.5 Å². The van der Waals surface area contributed by atoms with Gasteiger partial charge in [0.05, 0.1) is 26.2 Å². The van der Waals surface area contributed by atoms with E-state index in [0.29, 0.717) is 62.8 Å². The number of hydroxylamine groups is 2. The Labute approximate surface area is 229 Å². The molecule has 2 fully saturated rings. The Morgan fingerprint density at radius 1 is 1.21 bits per heavy atom. The van der Waals surface area contributed by atoms with Gasteiger partial charge in [0.1, 0.15) is 0 Å². The number of rotatable bonds is 14. The number of methoxy groups -OCH3 is 1. The molecule has 3 aliphatic rings. The van der Waals surface area contributed by atoms with E-state index >= 15 is 0 Å². The highest BCUT2D eigenvalue weighted by Gasteiger charge is 2.47. The Morgan fingerprint density at radius 3 is 2.69 bits per heavy atom. The summed E-state index contributed by atoms with van der Waals surface area (Å²) in [5.74, 6) is -0.578. The van der Waals surface area contributed by atoms with E-state index in [-0.39, 0.29) is 31.2 Å². The van der Waals surface area contributed by atoms with Crippen LogP contribution in [0.4, 0.5) is 0 Å². The Morgan fingerprint density at radius 2 is 2.03 bits per heavy atom. The van der Waals surface area contributed by atoms with E-state index in [2.05, 4.69) is 0 Å². The lowest BCUT2D eigenvalue weighted by Crippen LogP contribution is -2.44. The van der Waals surface area contributed by atoms with Gasteiger partial charge in [-0.15, -0.1) is 0 Å². The number of likely N-dealkylation sites (tertiary alicyclic amines) is 2. The van der Waals surface area contributed by atoms with E-state index < -0.39 is 17.8 Å². The molecule has 216 valence electrons. The van der Waals surface area contributed by atoms with Crippen molar-refractivity contribution in [1.29, 1.82) is 0 Å². The van der Waals surface area contributed by atoms with E-state index in [9.17, 15) is 19.5 Å². The summed E-state index contributed by atoms with van der Waals surface area (Å²) in [5.41, 5.74) is 0.769. The van der Waals surface area contributed by atoms with Gasteiger partial charge in [0.2, 0.25) is 18.4 Å². The zero-order valence-corrected chi connectivity index (χ0v) is 23.2. The number of nitrogens with zero attached hydrogens (tertiary/aromatic N) is 3. The first-order valence-corrected chi connectivity index (χ1v) is 14.0. The first kappa shape index (κ1) is 28.9. The number of hydrogen-bond donors (Lipinski definition) is 1. The zero-order valence-electron chi connectivity index (χ0n) is 23.2. The zero-order chi connectivity index (χ0) is 27.9. The van der Waals surface area contributed by atoms with Crippen molar-refractivity contribution in [2.45, 2.75) is 64.3 Å². The van der Waals surface area contributed by atoms with Crippen molar-refractivity contribution in [3.05, 3.63) is 17.7 Å². The van der Waals surface area contributed by atoms with Crippen LogP contribution in [-0.2, 0) is 19.2 Å². The SMILES string of the molecule is CCCON(CCC)C(=O)CN1CC(c2cc(OC)c3c(c2)OCO3)C(C(=O)O)C1CCCN1CCCC1=O. The maximum atomic E-state index is 13.3. The van der Waals surface area contributed by atoms with Crippen LogP contribution in [0.3, 0.4) is 0 Å². The molecule has 3 aliphatic heterocycles. The smallest absolute Gasteiger partial charge is 0.308 e. The second-order valence-corrected chi connectivity index (χ2v) is 10.4. The first-order chi connectivity index (χ1) is 18.9. The fourth-order valence-electron chi connectivity index (χ4n) is 5.90. The Balaban J connectivity index is 1.59. The lowest BCUT2D eigenvalue weighted by molar-refractivity contribution is -0.188. The normalized spacial score (nSPS) is 22.5. The van der Waals surface area contributed by atoms with Gasteiger partial charge in [-0.2, -0.15) is 0 Å². The number of carboxylic acid groups (broad SMARTS) is 1. The third-order valence-corrected chi connectivity index (χ3v) is 7.74. The molecule has 0 saturated carbocycles. The first-order valence-electron chi connectivity index (χ1n) is 14.0. The van der Waals surface area contributed by atoms with Crippen molar-refractivity contribution in [2.75, 3.05) is 53.2 Å². The number of benzene rings is 1. The maximum Gasteiger partial charge on any atom is 0.308 e. The molecule has 11 heteroatoms. The molecule has 1 aromatic carbocycles. The highest BCUT2D eigenvalue weighted by molar-refractivity contribution is 5.79. The third-order valence-electron chi connectivity index (χ3n) is 7.74. The molecule has 0 spiro atoms. The van der Waals surface area contributed by atoms with Crippen LogP contribution in [0.25, 0.3) is 0 Å². The molecule has 3 unspecified atom stereocenters. The van der Waals surface area contributed by atoms with Gasteiger partial charge >= 0.3 is 5.97 Å². The molecule has 1 aromatic rings. The lowest BCUT2D eigenvalue weighted by atomic mass is 9.83. The van der Waals surface area contributed by atoms with Crippen LogP contribution in [0, 0.1) is 5.92 Å². The van der Waals surface area contributed by atoms with Crippen LogP contribution in [0.5, 0.6) is 17.2 Å². The van der Waals surface area contributed by atoms with Gasteiger partial charge < -0.3 is 24.2 Å². The Hall–Kier alpha value is -3.05. The lowest BCUT2D eigenvalue weighted by Gasteiger charge is -2.29. The molecule has 1 N–H and O–H groups in total. The number of carbonyl (C=O) groups is 3. The summed E-state index contributed by atoms with van der Waals surface area (Å²) in [6.07, 6.45) is 4.17. The molecule has 0 bridgehead atoms. The summed E-state index contributed by atoms with van der Waals surface area (Å²) < 4.78 is 16.7. The second kappa shape index (κ2) is 13.3. The summed E-state index contributed by atoms with van der Waals surface area (Å²) in [7, 11) is 1.54. The maximum absolute atomic E-state index is 13.3. The van der Waals surface area contributed by atoms with Crippen LogP contribution in [0.1, 0.15) is 63.9 Å². The van der Waals surface area contributed by atoms with Crippen molar-refractivity contribution in [2.24, 2.45) is 5.92 Å². The molecule has 0 aromatic heterocycles. The van der Waals surface area contributed by atoms with E-state index in [1.165, 1.54) is 12.2 Å². The summed E-state index contributed by atoms with van der Waals surface area (Å²) in [6.45, 7) is 6.73. The van der Waals surface area contributed by atoms with E-state index in [1.54, 1.807) is 0 Å². The van der Waals surface area contributed by atoms with E-state index in [1.807, 2.05) is 35.8 Å². The topological polar surface area (TPSA) is 118 Å². The number of aliphatic carboxylic acids is 1. The largest absolute Gasteiger partial charge is 0.493 e. The number of fused-ring (bicyclic) bond motifs is 1. The molecule has 2 saturated heterocycles. The predicted octanol–water partition coefficient (Wildman–Crippen LogP) is 2.88. The van der Waals surface area contributed by atoms with Crippen LogP contribution >= 0.6 is 0 Å². The van der Waals surface area contributed by atoms with Crippen molar-refractivity contribution < 1.29 is 38.5 Å².